The number of halogens is 1. The zero-order valence-corrected chi connectivity index (χ0v) is 15.2. The van der Waals surface area contributed by atoms with Gasteiger partial charge in [0.1, 0.15) is 18.0 Å². The molecule has 1 fully saturated rings. The van der Waals surface area contributed by atoms with Gasteiger partial charge in [-0.25, -0.2) is 4.39 Å². The lowest BCUT2D eigenvalue weighted by Crippen LogP contribution is -2.41. The van der Waals surface area contributed by atoms with E-state index in [1.165, 1.54) is 10.8 Å². The third-order valence-electron chi connectivity index (χ3n) is 4.73. The molecule has 2 aromatic heterocycles. The number of hydrogen-bond donors (Lipinski definition) is 0. The fourth-order valence-corrected chi connectivity index (χ4v) is 2.60. The minimum absolute atomic E-state index is 0.0687. The Kier molecular flexibility index (Phi) is 4.69. The molecule has 0 N–H and O–H groups in total. The summed E-state index contributed by atoms with van der Waals surface area (Å²) in [6.45, 7) is 7.54. The summed E-state index contributed by atoms with van der Waals surface area (Å²) in [5, 5.41) is 13.3. The van der Waals surface area contributed by atoms with E-state index in [-0.39, 0.29) is 6.54 Å². The summed E-state index contributed by atoms with van der Waals surface area (Å²) < 4.78 is 27.8. The normalized spacial score (nSPS) is 18.8. The number of nitriles is 1. The Morgan fingerprint density at radius 2 is 2.04 bits per heavy atom. The van der Waals surface area contributed by atoms with Crippen LogP contribution in [0.5, 0.6) is 0 Å². The maximum absolute atomic E-state index is 14.9. The molecule has 6 nitrogen and oxygen atoms in total. The second-order valence-electron chi connectivity index (χ2n) is 7.15. The lowest BCUT2D eigenvalue weighted by Gasteiger charge is -2.32. The van der Waals surface area contributed by atoms with Crippen LogP contribution in [0.4, 0.5) is 4.39 Å². The number of pyridine rings is 1. The molecule has 0 bridgehead atoms. The standard InChI is InChI=1S/C18H20BFN4O2/c1-17(2)18(3,4)26-19(25-17)15(20)10-14-12-24(9-7-21)23-16(14)13-6-5-8-22-11-13/h5-6,8,10-12H,9H2,1-4H3. The summed E-state index contributed by atoms with van der Waals surface area (Å²) in [4.78, 5) is 4.07. The summed E-state index contributed by atoms with van der Waals surface area (Å²) in [7, 11) is -1.08. The van der Waals surface area contributed by atoms with Crippen LogP contribution in [0.1, 0.15) is 33.3 Å². The summed E-state index contributed by atoms with van der Waals surface area (Å²) in [6, 6.07) is 5.63. The first kappa shape index (κ1) is 18.3. The molecule has 0 atom stereocenters. The smallest absolute Gasteiger partial charge is 0.398 e. The molecule has 1 saturated heterocycles. The van der Waals surface area contributed by atoms with E-state index in [2.05, 4.69) is 10.1 Å². The van der Waals surface area contributed by atoms with E-state index >= 15 is 0 Å². The Morgan fingerprint density at radius 3 is 2.62 bits per heavy atom. The van der Waals surface area contributed by atoms with Crippen LogP contribution < -0.4 is 0 Å². The van der Waals surface area contributed by atoms with Gasteiger partial charge in [-0.15, -0.1) is 0 Å². The van der Waals surface area contributed by atoms with Crippen LogP contribution in [0.3, 0.4) is 0 Å². The minimum Gasteiger partial charge on any atom is -0.398 e. The summed E-state index contributed by atoms with van der Waals surface area (Å²) >= 11 is 0. The molecular weight excluding hydrogens is 334 g/mol. The second-order valence-corrected chi connectivity index (χ2v) is 7.15. The van der Waals surface area contributed by atoms with Gasteiger partial charge in [0.15, 0.2) is 0 Å². The first-order valence-corrected chi connectivity index (χ1v) is 8.31. The van der Waals surface area contributed by atoms with Crippen molar-refractivity contribution < 1.29 is 13.7 Å². The molecule has 0 aromatic carbocycles. The van der Waals surface area contributed by atoms with Crippen molar-refractivity contribution >= 4 is 13.2 Å². The lowest BCUT2D eigenvalue weighted by molar-refractivity contribution is 0.00578. The van der Waals surface area contributed by atoms with Crippen molar-refractivity contribution in [2.24, 2.45) is 0 Å². The fourth-order valence-electron chi connectivity index (χ4n) is 2.60. The zero-order chi connectivity index (χ0) is 18.9. The van der Waals surface area contributed by atoms with Crippen molar-refractivity contribution in [3.8, 4) is 17.3 Å². The maximum Gasteiger partial charge on any atom is 0.525 e. The molecular formula is C18H20BFN4O2. The van der Waals surface area contributed by atoms with Gasteiger partial charge in [0.2, 0.25) is 0 Å². The third-order valence-corrected chi connectivity index (χ3v) is 4.73. The highest BCUT2D eigenvalue weighted by atomic mass is 19.1. The minimum atomic E-state index is -1.08. The Balaban J connectivity index is 1.96. The predicted octanol–water partition coefficient (Wildman–Crippen LogP) is 3.41. The molecule has 3 heterocycles. The van der Waals surface area contributed by atoms with E-state index in [9.17, 15) is 4.39 Å². The Bertz CT molecular complexity index is 855. The zero-order valence-electron chi connectivity index (χ0n) is 15.2. The Hall–Kier alpha value is -2.50. The van der Waals surface area contributed by atoms with Gasteiger partial charge in [0, 0.05) is 29.7 Å². The van der Waals surface area contributed by atoms with Crippen LogP contribution in [-0.2, 0) is 15.9 Å². The molecule has 0 saturated carbocycles. The number of aromatic nitrogens is 3. The van der Waals surface area contributed by atoms with Gasteiger partial charge in [0.05, 0.1) is 17.3 Å². The van der Waals surface area contributed by atoms with E-state index in [1.54, 1.807) is 24.7 Å². The van der Waals surface area contributed by atoms with E-state index in [0.717, 1.165) is 5.56 Å². The topological polar surface area (TPSA) is 73.0 Å². The van der Waals surface area contributed by atoms with E-state index in [0.29, 0.717) is 11.3 Å². The number of rotatable bonds is 4. The first-order valence-electron chi connectivity index (χ1n) is 8.31. The highest BCUT2D eigenvalue weighted by Gasteiger charge is 2.53. The lowest BCUT2D eigenvalue weighted by atomic mass is 9.86. The quantitative estimate of drug-likeness (QED) is 0.787. The van der Waals surface area contributed by atoms with Gasteiger partial charge in [0.25, 0.3) is 0 Å². The van der Waals surface area contributed by atoms with Crippen LogP contribution in [0, 0.1) is 11.3 Å². The summed E-state index contributed by atoms with van der Waals surface area (Å²) in [5.74, 6) is 0. The average Bonchev–Trinajstić information content (AvgIpc) is 3.06. The Morgan fingerprint density at radius 1 is 1.35 bits per heavy atom. The molecule has 1 aliphatic heterocycles. The molecule has 3 rings (SSSR count). The maximum atomic E-state index is 14.9. The summed E-state index contributed by atoms with van der Waals surface area (Å²) in [6.07, 6.45) is 6.25. The van der Waals surface area contributed by atoms with Gasteiger partial charge in [-0.3, -0.25) is 9.67 Å². The third kappa shape index (κ3) is 3.41. The van der Waals surface area contributed by atoms with Crippen LogP contribution >= 0.6 is 0 Å². The predicted molar refractivity (Wildman–Crippen MR) is 96.2 cm³/mol. The van der Waals surface area contributed by atoms with Gasteiger partial charge in [-0.2, -0.15) is 10.4 Å². The SMILES string of the molecule is CC1(C)OB(C(F)=Cc2cn(CC#N)nc2-c2cccnc2)OC1(C)C. The van der Waals surface area contributed by atoms with Crippen molar-refractivity contribution in [1.82, 2.24) is 14.8 Å². The second kappa shape index (κ2) is 6.67. The van der Waals surface area contributed by atoms with E-state index in [4.69, 9.17) is 14.6 Å². The number of nitrogens with zero attached hydrogens (tertiary/aromatic N) is 4. The Labute approximate surface area is 152 Å². The van der Waals surface area contributed by atoms with Crippen molar-refractivity contribution in [3.05, 3.63) is 42.0 Å². The fraction of sp³-hybridized carbons (Fsp3) is 0.389. The van der Waals surface area contributed by atoms with Crippen LogP contribution in [0.25, 0.3) is 17.3 Å². The van der Waals surface area contributed by atoms with Gasteiger partial charge in [-0.05, 0) is 45.9 Å². The van der Waals surface area contributed by atoms with Crippen molar-refractivity contribution in [2.75, 3.05) is 0 Å². The van der Waals surface area contributed by atoms with Crippen LogP contribution in [0.2, 0.25) is 0 Å². The highest BCUT2D eigenvalue weighted by molar-refractivity contribution is 6.54. The van der Waals surface area contributed by atoms with Crippen molar-refractivity contribution in [3.63, 3.8) is 0 Å². The molecule has 0 amide bonds. The van der Waals surface area contributed by atoms with Crippen LogP contribution in [-0.4, -0.2) is 33.1 Å². The van der Waals surface area contributed by atoms with Crippen molar-refractivity contribution in [1.29, 1.82) is 5.26 Å². The first-order chi connectivity index (χ1) is 12.2. The molecule has 0 aliphatic carbocycles. The van der Waals surface area contributed by atoms with Crippen molar-refractivity contribution in [2.45, 2.75) is 45.4 Å². The average molecular weight is 354 g/mol. The summed E-state index contributed by atoms with van der Waals surface area (Å²) in [5.41, 5.74) is 0.00275. The molecule has 26 heavy (non-hydrogen) atoms. The number of hydrogen-bond acceptors (Lipinski definition) is 5. The molecule has 2 aromatic rings. The molecule has 0 spiro atoms. The van der Waals surface area contributed by atoms with E-state index in [1.807, 2.05) is 39.8 Å². The molecule has 134 valence electrons. The molecule has 0 radical (unpaired) electrons. The highest BCUT2D eigenvalue weighted by Crippen LogP contribution is 2.39. The van der Waals surface area contributed by atoms with E-state index < -0.39 is 24.0 Å². The molecule has 8 heteroatoms. The monoisotopic (exact) mass is 354 g/mol. The van der Waals surface area contributed by atoms with Gasteiger partial charge >= 0.3 is 7.12 Å². The molecule has 0 unspecified atom stereocenters. The van der Waals surface area contributed by atoms with Gasteiger partial charge in [-0.1, -0.05) is 0 Å². The largest absolute Gasteiger partial charge is 0.525 e. The molecule has 1 aliphatic rings. The van der Waals surface area contributed by atoms with Crippen LogP contribution in [0.15, 0.2) is 36.4 Å². The van der Waals surface area contributed by atoms with Gasteiger partial charge < -0.3 is 9.31 Å².